The topological polar surface area (TPSA) is 12.0 Å². The van der Waals surface area contributed by atoms with Crippen molar-refractivity contribution in [1.29, 1.82) is 0 Å². The Morgan fingerprint density at radius 3 is 2.45 bits per heavy atom. The Morgan fingerprint density at radius 2 is 1.90 bits per heavy atom. The van der Waals surface area contributed by atoms with Crippen LogP contribution in [0.2, 0.25) is 10.0 Å². The van der Waals surface area contributed by atoms with Crippen molar-refractivity contribution in [1.82, 2.24) is 5.32 Å². The lowest BCUT2D eigenvalue weighted by atomic mass is 10.0. The fourth-order valence-corrected chi connectivity index (χ4v) is 3.61. The third kappa shape index (κ3) is 2.98. The van der Waals surface area contributed by atoms with E-state index in [9.17, 15) is 8.78 Å². The van der Waals surface area contributed by atoms with E-state index < -0.39 is 11.6 Å². The van der Waals surface area contributed by atoms with Crippen molar-refractivity contribution in [3.63, 3.8) is 0 Å². The Hall–Kier alpha value is -0.680. The highest BCUT2D eigenvalue weighted by molar-refractivity contribution is 7.10. The van der Waals surface area contributed by atoms with Gasteiger partial charge in [0.25, 0.3) is 0 Å². The molecule has 0 saturated heterocycles. The van der Waals surface area contributed by atoms with Crippen LogP contribution in [0.1, 0.15) is 29.0 Å². The van der Waals surface area contributed by atoms with E-state index in [1.807, 2.05) is 19.2 Å². The van der Waals surface area contributed by atoms with Gasteiger partial charge in [0, 0.05) is 9.90 Å². The minimum Gasteiger partial charge on any atom is -0.306 e. The van der Waals surface area contributed by atoms with Crippen molar-refractivity contribution in [2.24, 2.45) is 0 Å². The van der Waals surface area contributed by atoms with Gasteiger partial charge in [0.05, 0.1) is 11.1 Å². The average Bonchev–Trinajstić information content (AvgIpc) is 2.72. The molecule has 0 aliphatic rings. The van der Waals surface area contributed by atoms with E-state index >= 15 is 0 Å². The number of hydrogen-bond acceptors (Lipinski definition) is 2. The van der Waals surface area contributed by atoms with Crippen LogP contribution in [0.3, 0.4) is 0 Å². The molecule has 0 saturated carbocycles. The number of hydrogen-bond donors (Lipinski definition) is 1. The number of rotatable bonds is 4. The van der Waals surface area contributed by atoms with Gasteiger partial charge in [0.2, 0.25) is 0 Å². The number of halogens is 4. The molecule has 0 bridgehead atoms. The molecule has 2 rings (SSSR count). The summed E-state index contributed by atoms with van der Waals surface area (Å²) in [6.45, 7) is 4.47. The predicted molar refractivity (Wildman–Crippen MR) is 81.0 cm³/mol. The van der Waals surface area contributed by atoms with Crippen LogP contribution >= 0.6 is 34.5 Å². The molecular weight excluding hydrogens is 323 g/mol. The summed E-state index contributed by atoms with van der Waals surface area (Å²) >= 11 is 13.8. The molecule has 1 aromatic carbocycles. The van der Waals surface area contributed by atoms with Crippen molar-refractivity contribution < 1.29 is 8.78 Å². The lowest BCUT2D eigenvalue weighted by molar-refractivity contribution is 0.504. The Balaban J connectivity index is 2.54. The summed E-state index contributed by atoms with van der Waals surface area (Å²) in [5.41, 5.74) is 1.43. The molecule has 1 heterocycles. The predicted octanol–water partition coefficient (Wildman–Crippen LogP) is 5.34. The fourth-order valence-electron chi connectivity index (χ4n) is 1.95. The highest BCUT2D eigenvalue weighted by atomic mass is 35.5. The van der Waals surface area contributed by atoms with Gasteiger partial charge in [-0.05, 0) is 42.1 Å². The van der Waals surface area contributed by atoms with E-state index in [0.717, 1.165) is 22.6 Å². The number of thiophene rings is 1. The van der Waals surface area contributed by atoms with Gasteiger partial charge in [0.1, 0.15) is 0 Å². The normalized spacial score (nSPS) is 12.7. The summed E-state index contributed by atoms with van der Waals surface area (Å²) in [7, 11) is 0. The summed E-state index contributed by atoms with van der Waals surface area (Å²) < 4.78 is 26.7. The van der Waals surface area contributed by atoms with E-state index in [-0.39, 0.29) is 11.1 Å². The highest BCUT2D eigenvalue weighted by Gasteiger charge is 2.23. The SMILES string of the molecule is CCNC(c1cc(F)c(F)cc1Cl)c1scc(C)c1Cl. The Labute approximate surface area is 130 Å². The van der Waals surface area contributed by atoms with E-state index in [0.29, 0.717) is 17.1 Å². The van der Waals surface area contributed by atoms with Gasteiger partial charge in [-0.25, -0.2) is 8.78 Å². The maximum absolute atomic E-state index is 13.5. The second-order valence-electron chi connectivity index (χ2n) is 4.38. The summed E-state index contributed by atoms with van der Waals surface area (Å²) in [5.74, 6) is -1.88. The smallest absolute Gasteiger partial charge is 0.160 e. The first-order valence-corrected chi connectivity index (χ1v) is 7.70. The van der Waals surface area contributed by atoms with Crippen LogP contribution in [-0.4, -0.2) is 6.54 Å². The second kappa shape index (κ2) is 6.39. The molecule has 1 aromatic heterocycles. The molecule has 0 amide bonds. The maximum Gasteiger partial charge on any atom is 0.160 e. The molecule has 1 N–H and O–H groups in total. The number of aryl methyl sites for hydroxylation is 1. The van der Waals surface area contributed by atoms with Crippen LogP contribution < -0.4 is 5.32 Å². The molecular formula is C14H13Cl2F2NS. The summed E-state index contributed by atoms with van der Waals surface area (Å²) in [6, 6.07) is 1.76. The van der Waals surface area contributed by atoms with E-state index in [4.69, 9.17) is 23.2 Å². The van der Waals surface area contributed by atoms with Crippen LogP contribution in [-0.2, 0) is 0 Å². The first kappa shape index (κ1) is 15.7. The van der Waals surface area contributed by atoms with E-state index in [1.54, 1.807) is 0 Å². The van der Waals surface area contributed by atoms with Gasteiger partial charge in [-0.2, -0.15) is 0 Å². The van der Waals surface area contributed by atoms with Crippen LogP contribution in [0.5, 0.6) is 0 Å². The molecule has 1 nitrogen and oxygen atoms in total. The zero-order valence-electron chi connectivity index (χ0n) is 10.9. The molecule has 108 valence electrons. The van der Waals surface area contributed by atoms with Crippen molar-refractivity contribution in [3.05, 3.63) is 55.2 Å². The van der Waals surface area contributed by atoms with Gasteiger partial charge in [-0.15, -0.1) is 11.3 Å². The zero-order valence-corrected chi connectivity index (χ0v) is 13.3. The molecule has 0 aliphatic carbocycles. The Kier molecular flexibility index (Phi) is 5.02. The summed E-state index contributed by atoms with van der Waals surface area (Å²) in [4.78, 5) is 0.846. The number of nitrogens with one attached hydrogen (secondary N) is 1. The van der Waals surface area contributed by atoms with Crippen molar-refractivity contribution in [3.8, 4) is 0 Å². The minimum absolute atomic E-state index is 0.178. The number of benzene rings is 1. The average molecular weight is 336 g/mol. The van der Waals surface area contributed by atoms with E-state index in [1.165, 1.54) is 11.3 Å². The van der Waals surface area contributed by atoms with Crippen LogP contribution in [0, 0.1) is 18.6 Å². The quantitative estimate of drug-likeness (QED) is 0.743. The molecule has 2 aromatic rings. The molecule has 20 heavy (non-hydrogen) atoms. The van der Waals surface area contributed by atoms with Crippen molar-refractivity contribution >= 4 is 34.5 Å². The highest BCUT2D eigenvalue weighted by Crippen LogP contribution is 2.38. The lowest BCUT2D eigenvalue weighted by Gasteiger charge is -2.19. The van der Waals surface area contributed by atoms with Gasteiger partial charge in [-0.1, -0.05) is 30.1 Å². The van der Waals surface area contributed by atoms with Crippen LogP contribution in [0.25, 0.3) is 0 Å². The molecule has 6 heteroatoms. The van der Waals surface area contributed by atoms with E-state index in [2.05, 4.69) is 5.32 Å². The summed E-state index contributed by atoms with van der Waals surface area (Å²) in [6.07, 6.45) is 0. The van der Waals surface area contributed by atoms with Gasteiger partial charge < -0.3 is 5.32 Å². The monoisotopic (exact) mass is 335 g/mol. The minimum atomic E-state index is -0.956. The fraction of sp³-hybridized carbons (Fsp3) is 0.286. The maximum atomic E-state index is 13.5. The molecule has 0 spiro atoms. The van der Waals surface area contributed by atoms with Crippen molar-refractivity contribution in [2.45, 2.75) is 19.9 Å². The largest absolute Gasteiger partial charge is 0.306 e. The van der Waals surface area contributed by atoms with Gasteiger partial charge in [0.15, 0.2) is 11.6 Å². The molecule has 0 radical (unpaired) electrons. The second-order valence-corrected chi connectivity index (χ2v) is 6.07. The van der Waals surface area contributed by atoms with Gasteiger partial charge >= 0.3 is 0 Å². The lowest BCUT2D eigenvalue weighted by Crippen LogP contribution is -2.22. The Morgan fingerprint density at radius 1 is 1.25 bits per heavy atom. The first-order chi connectivity index (χ1) is 9.45. The van der Waals surface area contributed by atoms with Gasteiger partial charge in [-0.3, -0.25) is 0 Å². The van der Waals surface area contributed by atoms with Crippen LogP contribution in [0.15, 0.2) is 17.5 Å². The van der Waals surface area contributed by atoms with Crippen molar-refractivity contribution in [2.75, 3.05) is 6.54 Å². The third-order valence-electron chi connectivity index (χ3n) is 2.95. The molecule has 1 atom stereocenters. The summed E-state index contributed by atoms with van der Waals surface area (Å²) in [5, 5.41) is 5.94. The Bertz CT molecular complexity index is 628. The molecule has 0 fully saturated rings. The zero-order chi connectivity index (χ0) is 14.9. The van der Waals surface area contributed by atoms with Crippen LogP contribution in [0.4, 0.5) is 8.78 Å². The standard InChI is InChI=1S/C14H13Cl2F2NS/c1-3-19-13(14-12(16)7(2)6-20-14)8-4-10(17)11(18)5-9(8)15/h4-6,13,19H,3H2,1-2H3. The first-order valence-electron chi connectivity index (χ1n) is 6.07. The molecule has 0 aliphatic heterocycles. The third-order valence-corrected chi connectivity index (χ3v) is 5.05. The molecule has 1 unspecified atom stereocenters.